The lowest BCUT2D eigenvalue weighted by molar-refractivity contribution is 0.0938. The number of nitrogens with one attached hydrogen (secondary N) is 2. The number of anilines is 1. The van der Waals surface area contributed by atoms with Crippen LogP contribution in [0.15, 0.2) is 48.5 Å². The lowest BCUT2D eigenvalue weighted by atomic mass is 9.99. The molecule has 3 rings (SSSR count). The molecule has 0 aliphatic carbocycles. The van der Waals surface area contributed by atoms with E-state index in [0.29, 0.717) is 5.92 Å². The summed E-state index contributed by atoms with van der Waals surface area (Å²) >= 11 is 0. The fourth-order valence-electron chi connectivity index (χ4n) is 2.83. The van der Waals surface area contributed by atoms with E-state index >= 15 is 0 Å². The molecule has 114 valence electrons. The summed E-state index contributed by atoms with van der Waals surface area (Å²) in [6.07, 6.45) is 0.874. The molecular weight excluding hydrogens is 272 g/mol. The Morgan fingerprint density at radius 3 is 2.59 bits per heavy atom. The monoisotopic (exact) mass is 294 g/mol. The molecular formula is C19H22N2O. The Balaban J connectivity index is 1.65. The van der Waals surface area contributed by atoms with E-state index in [4.69, 9.17) is 0 Å². The number of amides is 1. The Bertz CT molecular complexity index is 661. The van der Waals surface area contributed by atoms with Crippen LogP contribution in [0, 0.1) is 0 Å². The SMILES string of the molecule is CC(C)c1ccc(C(=O)NC2CNc3ccccc3C2)cc1. The second kappa shape index (κ2) is 6.22. The van der Waals surface area contributed by atoms with E-state index in [1.807, 2.05) is 36.4 Å². The maximum Gasteiger partial charge on any atom is 0.251 e. The maximum atomic E-state index is 12.4. The van der Waals surface area contributed by atoms with Gasteiger partial charge in [-0.2, -0.15) is 0 Å². The van der Waals surface area contributed by atoms with E-state index < -0.39 is 0 Å². The van der Waals surface area contributed by atoms with Gasteiger partial charge in [-0.3, -0.25) is 4.79 Å². The quantitative estimate of drug-likeness (QED) is 0.908. The fourth-order valence-corrected chi connectivity index (χ4v) is 2.83. The first-order valence-corrected chi connectivity index (χ1v) is 7.86. The van der Waals surface area contributed by atoms with Crippen molar-refractivity contribution in [3.63, 3.8) is 0 Å². The molecule has 0 saturated carbocycles. The Labute approximate surface area is 131 Å². The first-order valence-electron chi connectivity index (χ1n) is 7.86. The van der Waals surface area contributed by atoms with E-state index in [9.17, 15) is 4.79 Å². The van der Waals surface area contributed by atoms with E-state index in [0.717, 1.165) is 18.5 Å². The van der Waals surface area contributed by atoms with Crippen molar-refractivity contribution in [2.75, 3.05) is 11.9 Å². The van der Waals surface area contributed by atoms with Gasteiger partial charge in [-0.25, -0.2) is 0 Å². The molecule has 1 unspecified atom stereocenters. The molecule has 1 atom stereocenters. The zero-order valence-electron chi connectivity index (χ0n) is 13.1. The van der Waals surface area contributed by atoms with Crippen LogP contribution >= 0.6 is 0 Å². The van der Waals surface area contributed by atoms with Gasteiger partial charge >= 0.3 is 0 Å². The number of carbonyl (C=O) groups excluding carboxylic acids is 1. The summed E-state index contributed by atoms with van der Waals surface area (Å²) in [5.74, 6) is 0.484. The summed E-state index contributed by atoms with van der Waals surface area (Å²) in [4.78, 5) is 12.4. The number of hydrogen-bond acceptors (Lipinski definition) is 2. The molecule has 3 heteroatoms. The Morgan fingerprint density at radius 1 is 1.14 bits per heavy atom. The van der Waals surface area contributed by atoms with Crippen molar-refractivity contribution in [2.45, 2.75) is 32.2 Å². The lowest BCUT2D eigenvalue weighted by Gasteiger charge is -2.27. The van der Waals surface area contributed by atoms with Crippen molar-refractivity contribution >= 4 is 11.6 Å². The van der Waals surface area contributed by atoms with Gasteiger partial charge < -0.3 is 10.6 Å². The van der Waals surface area contributed by atoms with Gasteiger partial charge in [0.15, 0.2) is 0 Å². The van der Waals surface area contributed by atoms with Crippen LogP contribution in [0.5, 0.6) is 0 Å². The molecule has 2 aromatic carbocycles. The molecule has 1 amide bonds. The molecule has 0 spiro atoms. The van der Waals surface area contributed by atoms with Gasteiger partial charge in [-0.1, -0.05) is 44.2 Å². The highest BCUT2D eigenvalue weighted by molar-refractivity contribution is 5.94. The van der Waals surface area contributed by atoms with Gasteiger partial charge in [0.1, 0.15) is 0 Å². The molecule has 1 aliphatic rings. The molecule has 1 heterocycles. The molecule has 0 bridgehead atoms. The molecule has 3 nitrogen and oxygen atoms in total. The topological polar surface area (TPSA) is 41.1 Å². The van der Waals surface area contributed by atoms with Gasteiger partial charge in [0.2, 0.25) is 0 Å². The highest BCUT2D eigenvalue weighted by atomic mass is 16.1. The third kappa shape index (κ3) is 3.14. The number of para-hydroxylation sites is 1. The van der Waals surface area contributed by atoms with Gasteiger partial charge in [0.25, 0.3) is 5.91 Å². The second-order valence-corrected chi connectivity index (χ2v) is 6.19. The van der Waals surface area contributed by atoms with Crippen LogP contribution < -0.4 is 10.6 Å². The van der Waals surface area contributed by atoms with Gasteiger partial charge in [-0.15, -0.1) is 0 Å². The van der Waals surface area contributed by atoms with Crippen LogP contribution in [0.2, 0.25) is 0 Å². The summed E-state index contributed by atoms with van der Waals surface area (Å²) in [5, 5.41) is 6.50. The minimum Gasteiger partial charge on any atom is -0.383 e. The van der Waals surface area contributed by atoms with Crippen molar-refractivity contribution < 1.29 is 4.79 Å². The van der Waals surface area contributed by atoms with Crippen molar-refractivity contribution in [1.82, 2.24) is 5.32 Å². The standard InChI is InChI=1S/C19H22N2O/c1-13(2)14-7-9-15(10-8-14)19(22)21-17-11-16-5-3-4-6-18(16)20-12-17/h3-10,13,17,20H,11-12H2,1-2H3,(H,21,22). The number of hydrogen-bond donors (Lipinski definition) is 2. The lowest BCUT2D eigenvalue weighted by Crippen LogP contribution is -2.43. The highest BCUT2D eigenvalue weighted by Gasteiger charge is 2.20. The zero-order valence-corrected chi connectivity index (χ0v) is 13.1. The molecule has 2 aromatic rings. The van der Waals surface area contributed by atoms with Gasteiger partial charge in [0, 0.05) is 17.8 Å². The van der Waals surface area contributed by atoms with E-state index in [2.05, 4.69) is 36.6 Å². The first-order chi connectivity index (χ1) is 10.6. The molecule has 0 aromatic heterocycles. The second-order valence-electron chi connectivity index (χ2n) is 6.19. The van der Waals surface area contributed by atoms with Crippen LogP contribution in [0.25, 0.3) is 0 Å². The Kier molecular flexibility index (Phi) is 4.14. The smallest absolute Gasteiger partial charge is 0.251 e. The molecule has 0 saturated heterocycles. The van der Waals surface area contributed by atoms with Gasteiger partial charge in [-0.05, 0) is 41.7 Å². The van der Waals surface area contributed by atoms with Crippen molar-refractivity contribution in [3.8, 4) is 0 Å². The number of rotatable bonds is 3. The molecule has 22 heavy (non-hydrogen) atoms. The van der Waals surface area contributed by atoms with Crippen LogP contribution in [0.1, 0.15) is 41.3 Å². The minimum absolute atomic E-state index is 0.00138. The Morgan fingerprint density at radius 2 is 1.86 bits per heavy atom. The van der Waals surface area contributed by atoms with Crippen LogP contribution in [-0.2, 0) is 6.42 Å². The van der Waals surface area contributed by atoms with Crippen molar-refractivity contribution in [2.24, 2.45) is 0 Å². The first kappa shape index (κ1) is 14.6. The summed E-state index contributed by atoms with van der Waals surface area (Å²) in [6.45, 7) is 5.08. The molecule has 2 N–H and O–H groups in total. The van der Waals surface area contributed by atoms with Crippen molar-refractivity contribution in [1.29, 1.82) is 0 Å². The number of benzene rings is 2. The van der Waals surface area contributed by atoms with E-state index in [-0.39, 0.29) is 11.9 Å². The summed E-state index contributed by atoms with van der Waals surface area (Å²) in [5.41, 5.74) is 4.41. The molecule has 0 radical (unpaired) electrons. The Hall–Kier alpha value is -2.29. The third-order valence-corrected chi connectivity index (χ3v) is 4.20. The van der Waals surface area contributed by atoms with Crippen LogP contribution in [0.4, 0.5) is 5.69 Å². The largest absolute Gasteiger partial charge is 0.383 e. The summed E-state index contributed by atoms with van der Waals surface area (Å²) in [7, 11) is 0. The average molecular weight is 294 g/mol. The minimum atomic E-state index is 0.00138. The van der Waals surface area contributed by atoms with E-state index in [1.165, 1.54) is 16.8 Å². The molecule has 0 fully saturated rings. The van der Waals surface area contributed by atoms with Crippen molar-refractivity contribution in [3.05, 3.63) is 65.2 Å². The highest BCUT2D eigenvalue weighted by Crippen LogP contribution is 2.21. The molecule has 1 aliphatic heterocycles. The average Bonchev–Trinajstić information content (AvgIpc) is 2.55. The van der Waals surface area contributed by atoms with Gasteiger partial charge in [0.05, 0.1) is 6.04 Å². The fraction of sp³-hybridized carbons (Fsp3) is 0.316. The number of carbonyl (C=O) groups is 1. The zero-order chi connectivity index (χ0) is 15.5. The predicted molar refractivity (Wildman–Crippen MR) is 90.4 cm³/mol. The summed E-state index contributed by atoms with van der Waals surface area (Å²) < 4.78 is 0. The number of fused-ring (bicyclic) bond motifs is 1. The summed E-state index contributed by atoms with van der Waals surface area (Å²) in [6, 6.07) is 16.3. The van der Waals surface area contributed by atoms with E-state index in [1.54, 1.807) is 0 Å². The normalized spacial score (nSPS) is 16.8. The maximum absolute atomic E-state index is 12.4. The van der Waals surface area contributed by atoms with Crippen LogP contribution in [-0.4, -0.2) is 18.5 Å². The van der Waals surface area contributed by atoms with Crippen LogP contribution in [0.3, 0.4) is 0 Å². The third-order valence-electron chi connectivity index (χ3n) is 4.20. The predicted octanol–water partition coefficient (Wildman–Crippen LogP) is 3.58.